The molecule has 22 heavy (non-hydrogen) atoms. The van der Waals surface area contributed by atoms with Gasteiger partial charge in [-0.05, 0) is 30.5 Å². The number of rotatable bonds is 4. The van der Waals surface area contributed by atoms with E-state index in [1.165, 1.54) is 5.56 Å². The number of amides is 1. The summed E-state index contributed by atoms with van der Waals surface area (Å²) in [4.78, 5) is 14.1. The molecule has 1 saturated heterocycles. The molecule has 2 aliphatic rings. The van der Waals surface area contributed by atoms with Crippen LogP contribution in [0.1, 0.15) is 30.1 Å². The van der Waals surface area contributed by atoms with Crippen LogP contribution in [0.5, 0.6) is 11.5 Å². The second-order valence-electron chi connectivity index (χ2n) is 5.47. The van der Waals surface area contributed by atoms with Crippen molar-refractivity contribution >= 4 is 17.7 Å². The van der Waals surface area contributed by atoms with Crippen molar-refractivity contribution in [3.63, 3.8) is 0 Å². The van der Waals surface area contributed by atoms with E-state index in [9.17, 15) is 4.79 Å². The fraction of sp³-hybridized carbons (Fsp3) is 0.471. The second kappa shape index (κ2) is 7.09. The third-order valence-electron chi connectivity index (χ3n) is 4.02. The lowest BCUT2D eigenvalue weighted by molar-refractivity contribution is -0.130. The molecule has 0 aliphatic carbocycles. The molecule has 0 bridgehead atoms. The van der Waals surface area contributed by atoms with Crippen LogP contribution in [0, 0.1) is 0 Å². The number of allylic oxidation sites excluding steroid dienone is 1. The van der Waals surface area contributed by atoms with Gasteiger partial charge in [0.2, 0.25) is 12.7 Å². The summed E-state index contributed by atoms with van der Waals surface area (Å²) in [5.74, 6) is 2.87. The molecule has 0 radical (unpaired) electrons. The van der Waals surface area contributed by atoms with Crippen molar-refractivity contribution in [2.75, 3.05) is 25.6 Å². The number of fused-ring (bicyclic) bond motifs is 1. The predicted molar refractivity (Wildman–Crippen MR) is 88.4 cm³/mol. The predicted octanol–water partition coefficient (Wildman–Crippen LogP) is 3.39. The lowest BCUT2D eigenvalue weighted by atomic mass is 10.1. The van der Waals surface area contributed by atoms with E-state index < -0.39 is 0 Å². The molecule has 1 aromatic carbocycles. The van der Waals surface area contributed by atoms with Gasteiger partial charge in [0, 0.05) is 30.5 Å². The molecule has 4 nitrogen and oxygen atoms in total. The Morgan fingerprint density at radius 2 is 2.23 bits per heavy atom. The fourth-order valence-electron chi connectivity index (χ4n) is 2.78. The number of benzene rings is 1. The van der Waals surface area contributed by atoms with Gasteiger partial charge in [-0.15, -0.1) is 6.58 Å². The number of thioether (sulfide) groups is 1. The van der Waals surface area contributed by atoms with E-state index in [4.69, 9.17) is 9.47 Å². The molecule has 1 unspecified atom stereocenters. The monoisotopic (exact) mass is 319 g/mol. The Labute approximate surface area is 135 Å². The highest BCUT2D eigenvalue weighted by Crippen LogP contribution is 2.40. The highest BCUT2D eigenvalue weighted by atomic mass is 32.2. The molecule has 118 valence electrons. The first-order valence-corrected chi connectivity index (χ1v) is 8.72. The average Bonchev–Trinajstić information content (AvgIpc) is 2.87. The van der Waals surface area contributed by atoms with Crippen molar-refractivity contribution < 1.29 is 14.3 Å². The van der Waals surface area contributed by atoms with Gasteiger partial charge >= 0.3 is 0 Å². The zero-order valence-corrected chi connectivity index (χ0v) is 13.4. The third-order valence-corrected chi connectivity index (χ3v) is 5.35. The van der Waals surface area contributed by atoms with Crippen molar-refractivity contribution in [2.45, 2.75) is 24.5 Å². The summed E-state index contributed by atoms with van der Waals surface area (Å²) in [6, 6.07) is 6.17. The molecule has 0 saturated carbocycles. The second-order valence-corrected chi connectivity index (χ2v) is 6.78. The summed E-state index contributed by atoms with van der Waals surface area (Å²) in [5.41, 5.74) is 1.26. The van der Waals surface area contributed by atoms with Crippen LogP contribution in [0.25, 0.3) is 0 Å². The maximum Gasteiger partial charge on any atom is 0.231 e. The third kappa shape index (κ3) is 3.40. The minimum absolute atomic E-state index is 0.242. The Kier molecular flexibility index (Phi) is 4.93. The molecule has 0 aromatic heterocycles. The Balaban J connectivity index is 1.62. The Bertz CT molecular complexity index is 561. The topological polar surface area (TPSA) is 38.8 Å². The van der Waals surface area contributed by atoms with Crippen LogP contribution < -0.4 is 9.47 Å². The summed E-state index contributed by atoms with van der Waals surface area (Å²) in [6.07, 6.45) is 4.11. The van der Waals surface area contributed by atoms with Gasteiger partial charge in [0.05, 0.1) is 0 Å². The fourth-order valence-corrected chi connectivity index (χ4v) is 4.00. The zero-order valence-electron chi connectivity index (χ0n) is 12.6. The highest BCUT2D eigenvalue weighted by molar-refractivity contribution is 7.99. The van der Waals surface area contributed by atoms with Crippen LogP contribution in [0.2, 0.25) is 0 Å². The molecule has 2 aliphatic heterocycles. The van der Waals surface area contributed by atoms with Crippen molar-refractivity contribution in [1.29, 1.82) is 0 Å². The van der Waals surface area contributed by atoms with E-state index in [1.54, 1.807) is 6.08 Å². The molecule has 0 N–H and O–H groups in total. The molecule has 1 atom stereocenters. The lowest BCUT2D eigenvalue weighted by Crippen LogP contribution is -2.32. The number of hydrogen-bond donors (Lipinski definition) is 0. The summed E-state index contributed by atoms with van der Waals surface area (Å²) < 4.78 is 10.8. The summed E-state index contributed by atoms with van der Waals surface area (Å²) in [6.45, 7) is 5.64. The van der Waals surface area contributed by atoms with Crippen LogP contribution >= 0.6 is 11.8 Å². The first-order chi connectivity index (χ1) is 10.8. The van der Waals surface area contributed by atoms with Crippen LogP contribution in [0.4, 0.5) is 0 Å². The van der Waals surface area contributed by atoms with Gasteiger partial charge in [0.15, 0.2) is 11.5 Å². The van der Waals surface area contributed by atoms with Gasteiger partial charge in [-0.1, -0.05) is 12.1 Å². The van der Waals surface area contributed by atoms with Crippen LogP contribution in [-0.2, 0) is 4.79 Å². The molecule has 0 spiro atoms. The van der Waals surface area contributed by atoms with Crippen LogP contribution in [0.15, 0.2) is 30.9 Å². The van der Waals surface area contributed by atoms with Crippen molar-refractivity contribution in [3.8, 4) is 11.5 Å². The van der Waals surface area contributed by atoms with E-state index >= 15 is 0 Å². The molecule has 1 aromatic rings. The number of nitrogens with zero attached hydrogens (tertiary/aromatic N) is 1. The molecule has 3 rings (SSSR count). The van der Waals surface area contributed by atoms with Crippen LogP contribution in [0.3, 0.4) is 0 Å². The quantitative estimate of drug-likeness (QED) is 0.798. The molecule has 1 fully saturated rings. The minimum atomic E-state index is 0.242. The largest absolute Gasteiger partial charge is 0.454 e. The first kappa shape index (κ1) is 15.3. The SMILES string of the molecule is C=CCCC(=O)N1CCSC(c2ccc3c(c2)OCO3)CC1. The Morgan fingerprint density at radius 1 is 1.36 bits per heavy atom. The van der Waals surface area contributed by atoms with Crippen LogP contribution in [-0.4, -0.2) is 36.4 Å². The highest BCUT2D eigenvalue weighted by Gasteiger charge is 2.23. The number of carbonyl (C=O) groups is 1. The Hall–Kier alpha value is -1.62. The maximum atomic E-state index is 12.1. The van der Waals surface area contributed by atoms with Crippen molar-refractivity contribution in [2.24, 2.45) is 0 Å². The smallest absolute Gasteiger partial charge is 0.231 e. The van der Waals surface area contributed by atoms with Crippen molar-refractivity contribution in [3.05, 3.63) is 36.4 Å². The van der Waals surface area contributed by atoms with Gasteiger partial charge in [-0.2, -0.15) is 11.8 Å². The minimum Gasteiger partial charge on any atom is -0.454 e. The van der Waals surface area contributed by atoms with E-state index in [2.05, 4.69) is 18.7 Å². The Morgan fingerprint density at radius 3 is 3.09 bits per heavy atom. The molecule has 2 heterocycles. The molecular formula is C17H21NO3S. The van der Waals surface area contributed by atoms with E-state index in [0.717, 1.165) is 43.2 Å². The van der Waals surface area contributed by atoms with Crippen molar-refractivity contribution in [1.82, 2.24) is 4.90 Å². The number of hydrogen-bond acceptors (Lipinski definition) is 4. The van der Waals surface area contributed by atoms with Gasteiger partial charge in [0.1, 0.15) is 0 Å². The summed E-state index contributed by atoms with van der Waals surface area (Å²) in [5, 5.41) is 0.409. The number of carbonyl (C=O) groups excluding carboxylic acids is 1. The van der Waals surface area contributed by atoms with E-state index in [-0.39, 0.29) is 5.91 Å². The standard InChI is InChI=1S/C17H21NO3S/c1-2-3-4-17(19)18-8-7-16(22-10-9-18)13-5-6-14-15(11-13)21-12-20-14/h2,5-6,11,16H,1,3-4,7-10,12H2. The van der Waals surface area contributed by atoms with Gasteiger partial charge in [-0.3, -0.25) is 4.79 Å². The normalized spacial score (nSPS) is 20.5. The van der Waals surface area contributed by atoms with E-state index in [1.807, 2.05) is 22.7 Å². The van der Waals surface area contributed by atoms with Gasteiger partial charge in [0.25, 0.3) is 0 Å². The first-order valence-electron chi connectivity index (χ1n) is 7.68. The van der Waals surface area contributed by atoms with Gasteiger partial charge < -0.3 is 14.4 Å². The summed E-state index contributed by atoms with van der Waals surface area (Å²) in [7, 11) is 0. The molecule has 1 amide bonds. The number of ether oxygens (including phenoxy) is 2. The lowest BCUT2D eigenvalue weighted by Gasteiger charge is -2.20. The average molecular weight is 319 g/mol. The molecule has 5 heteroatoms. The zero-order chi connectivity index (χ0) is 15.4. The molecular weight excluding hydrogens is 298 g/mol. The van der Waals surface area contributed by atoms with E-state index in [0.29, 0.717) is 18.5 Å². The van der Waals surface area contributed by atoms with Gasteiger partial charge in [-0.25, -0.2) is 0 Å². The summed E-state index contributed by atoms with van der Waals surface area (Å²) >= 11 is 1.92. The maximum absolute atomic E-state index is 12.1.